The molecule has 2 heterocycles. The number of nitrogens with zero attached hydrogens (tertiary/aromatic N) is 3. The lowest BCUT2D eigenvalue weighted by Crippen LogP contribution is -3.13. The number of hydrogen-bond acceptors (Lipinski definition) is 4. The van der Waals surface area contributed by atoms with E-state index in [0.717, 1.165) is 49.6 Å². The molecule has 26 heavy (non-hydrogen) atoms. The Morgan fingerprint density at radius 1 is 1.00 bits per heavy atom. The number of nitrogens with one attached hydrogen (secondary N) is 1. The fraction of sp³-hybridized carbons (Fsp3) is 0.250. The van der Waals surface area contributed by atoms with Crippen LogP contribution >= 0.6 is 0 Å². The molecule has 0 unspecified atom stereocenters. The normalized spacial score (nSPS) is 15.3. The maximum atomic E-state index is 10.7. The van der Waals surface area contributed by atoms with Crippen molar-refractivity contribution in [1.82, 2.24) is 4.98 Å². The molecule has 1 aliphatic heterocycles. The summed E-state index contributed by atoms with van der Waals surface area (Å²) in [4.78, 5) is 19.0. The highest BCUT2D eigenvalue weighted by Crippen LogP contribution is 2.18. The van der Waals surface area contributed by atoms with Crippen LogP contribution in [0.2, 0.25) is 0 Å². The summed E-state index contributed by atoms with van der Waals surface area (Å²) in [5.41, 5.74) is 2.32. The lowest BCUT2D eigenvalue weighted by molar-refractivity contribution is -0.914. The Morgan fingerprint density at radius 2 is 1.73 bits per heavy atom. The fourth-order valence-corrected chi connectivity index (χ4v) is 3.48. The number of nitro groups is 1. The van der Waals surface area contributed by atoms with Crippen LogP contribution in [-0.2, 0) is 6.54 Å². The lowest BCUT2D eigenvalue weighted by Gasteiger charge is -2.33. The van der Waals surface area contributed by atoms with Crippen LogP contribution in [0.15, 0.2) is 60.7 Å². The molecule has 0 atom stereocenters. The summed E-state index contributed by atoms with van der Waals surface area (Å²) in [5, 5.41) is 11.9. The van der Waals surface area contributed by atoms with E-state index in [0.29, 0.717) is 0 Å². The van der Waals surface area contributed by atoms with Gasteiger partial charge in [0.1, 0.15) is 12.4 Å². The van der Waals surface area contributed by atoms with Gasteiger partial charge in [0.2, 0.25) is 0 Å². The number of anilines is 1. The van der Waals surface area contributed by atoms with Gasteiger partial charge in [-0.2, -0.15) is 0 Å². The number of nitro benzene ring substituents is 1. The number of pyridine rings is 1. The van der Waals surface area contributed by atoms with Gasteiger partial charge in [-0.1, -0.05) is 18.2 Å². The number of non-ortho nitro benzene ring substituents is 1. The molecule has 6 nitrogen and oxygen atoms in total. The summed E-state index contributed by atoms with van der Waals surface area (Å²) in [6.07, 6.45) is 0. The van der Waals surface area contributed by atoms with E-state index in [-0.39, 0.29) is 10.6 Å². The Kier molecular flexibility index (Phi) is 4.50. The summed E-state index contributed by atoms with van der Waals surface area (Å²) in [5.74, 6) is 1.04. The van der Waals surface area contributed by atoms with E-state index in [1.165, 1.54) is 10.3 Å². The average molecular weight is 349 g/mol. The van der Waals surface area contributed by atoms with E-state index >= 15 is 0 Å². The summed E-state index contributed by atoms with van der Waals surface area (Å²) in [7, 11) is 0. The number of fused-ring (bicyclic) bond motifs is 1. The Labute approximate surface area is 151 Å². The second kappa shape index (κ2) is 7.09. The monoisotopic (exact) mass is 349 g/mol. The van der Waals surface area contributed by atoms with Gasteiger partial charge in [-0.15, -0.1) is 0 Å². The lowest BCUT2D eigenvalue weighted by atomic mass is 10.1. The molecule has 3 aromatic rings. The zero-order chi connectivity index (χ0) is 17.9. The highest BCUT2D eigenvalue weighted by molar-refractivity contribution is 5.80. The quantitative estimate of drug-likeness (QED) is 0.578. The minimum atomic E-state index is -0.355. The van der Waals surface area contributed by atoms with Gasteiger partial charge in [-0.3, -0.25) is 10.1 Å². The van der Waals surface area contributed by atoms with E-state index in [9.17, 15) is 10.1 Å². The fourth-order valence-electron chi connectivity index (χ4n) is 3.48. The summed E-state index contributed by atoms with van der Waals surface area (Å²) < 4.78 is 0. The minimum absolute atomic E-state index is 0.149. The third kappa shape index (κ3) is 3.50. The van der Waals surface area contributed by atoms with Crippen LogP contribution in [-0.4, -0.2) is 36.1 Å². The van der Waals surface area contributed by atoms with E-state index in [2.05, 4.69) is 29.2 Å². The molecule has 1 fully saturated rings. The van der Waals surface area contributed by atoms with Gasteiger partial charge in [-0.05, 0) is 30.3 Å². The predicted octanol–water partition coefficient (Wildman–Crippen LogP) is 2.05. The van der Waals surface area contributed by atoms with Crippen LogP contribution < -0.4 is 9.80 Å². The van der Waals surface area contributed by atoms with E-state index < -0.39 is 0 Å². The van der Waals surface area contributed by atoms with Gasteiger partial charge in [0.25, 0.3) is 5.69 Å². The molecule has 0 radical (unpaired) electrons. The number of hydrogen-bond donors (Lipinski definition) is 1. The number of para-hydroxylation sites is 1. The minimum Gasteiger partial charge on any atom is -0.345 e. The Morgan fingerprint density at radius 3 is 2.46 bits per heavy atom. The number of benzene rings is 2. The summed E-state index contributed by atoms with van der Waals surface area (Å²) in [6.45, 7) is 4.90. The van der Waals surface area contributed by atoms with Crippen molar-refractivity contribution in [3.63, 3.8) is 0 Å². The molecule has 1 aromatic heterocycles. The van der Waals surface area contributed by atoms with Crippen LogP contribution in [0, 0.1) is 10.1 Å². The van der Waals surface area contributed by atoms with Crippen molar-refractivity contribution in [1.29, 1.82) is 0 Å². The van der Waals surface area contributed by atoms with Gasteiger partial charge in [0.15, 0.2) is 0 Å². The largest absolute Gasteiger partial charge is 0.345 e. The highest BCUT2D eigenvalue weighted by Gasteiger charge is 2.21. The van der Waals surface area contributed by atoms with E-state index in [4.69, 9.17) is 4.98 Å². The molecular weight excluding hydrogens is 328 g/mol. The molecule has 2 aromatic carbocycles. The van der Waals surface area contributed by atoms with Crippen molar-refractivity contribution in [2.45, 2.75) is 6.54 Å². The predicted molar refractivity (Wildman–Crippen MR) is 101 cm³/mol. The molecule has 0 saturated carbocycles. The first kappa shape index (κ1) is 16.5. The second-order valence-corrected chi connectivity index (χ2v) is 6.70. The smallest absolute Gasteiger partial charge is 0.269 e. The number of aromatic nitrogens is 1. The average Bonchev–Trinajstić information content (AvgIpc) is 2.68. The van der Waals surface area contributed by atoms with Crippen molar-refractivity contribution < 1.29 is 9.82 Å². The van der Waals surface area contributed by atoms with Crippen molar-refractivity contribution in [3.05, 3.63) is 76.3 Å². The molecule has 0 amide bonds. The standard InChI is InChI=1S/C20H20N4O2/c25-24(26)18-8-5-16(6-9-18)15-22-11-13-23(14-12-22)20-10-7-17-3-1-2-4-19(17)21-20/h1-10H,11-15H2/p+1. The SMILES string of the molecule is O=[N+]([O-])c1ccc(C[NH+]2CCN(c3ccc4ccccc4n3)CC2)cc1. The third-order valence-electron chi connectivity index (χ3n) is 4.98. The van der Waals surface area contributed by atoms with Gasteiger partial charge in [-0.25, -0.2) is 4.98 Å². The van der Waals surface area contributed by atoms with Crippen molar-refractivity contribution >= 4 is 22.4 Å². The molecule has 4 rings (SSSR count). The first-order valence-corrected chi connectivity index (χ1v) is 8.87. The second-order valence-electron chi connectivity index (χ2n) is 6.70. The molecule has 0 aliphatic carbocycles. The molecule has 0 spiro atoms. The van der Waals surface area contributed by atoms with Crippen LogP contribution in [0.4, 0.5) is 11.5 Å². The Balaban J connectivity index is 1.38. The van der Waals surface area contributed by atoms with E-state index in [1.54, 1.807) is 12.1 Å². The Hall–Kier alpha value is -2.99. The van der Waals surface area contributed by atoms with Crippen molar-refractivity contribution in [2.75, 3.05) is 31.1 Å². The van der Waals surface area contributed by atoms with Gasteiger partial charge in [0.05, 0.1) is 36.6 Å². The number of rotatable bonds is 4. The molecule has 1 aliphatic rings. The van der Waals surface area contributed by atoms with E-state index in [1.807, 2.05) is 24.3 Å². The number of piperazine rings is 1. The first-order chi connectivity index (χ1) is 12.7. The molecular formula is C20H21N4O2+. The molecule has 132 valence electrons. The van der Waals surface area contributed by atoms with Crippen LogP contribution in [0.1, 0.15) is 5.56 Å². The molecule has 1 saturated heterocycles. The zero-order valence-corrected chi connectivity index (χ0v) is 14.5. The van der Waals surface area contributed by atoms with Crippen molar-refractivity contribution in [3.8, 4) is 0 Å². The molecule has 1 N–H and O–H groups in total. The van der Waals surface area contributed by atoms with Gasteiger partial charge < -0.3 is 9.80 Å². The molecule has 0 bridgehead atoms. The molecule has 6 heteroatoms. The Bertz CT molecular complexity index is 919. The van der Waals surface area contributed by atoms with Gasteiger partial charge in [0, 0.05) is 23.1 Å². The van der Waals surface area contributed by atoms with Gasteiger partial charge >= 0.3 is 0 Å². The third-order valence-corrected chi connectivity index (χ3v) is 4.98. The zero-order valence-electron chi connectivity index (χ0n) is 14.5. The maximum Gasteiger partial charge on any atom is 0.269 e. The van der Waals surface area contributed by atoms with Crippen LogP contribution in [0.5, 0.6) is 0 Å². The van der Waals surface area contributed by atoms with Crippen LogP contribution in [0.25, 0.3) is 10.9 Å². The summed E-state index contributed by atoms with van der Waals surface area (Å²) >= 11 is 0. The van der Waals surface area contributed by atoms with Crippen molar-refractivity contribution in [2.24, 2.45) is 0 Å². The number of quaternary nitrogens is 1. The van der Waals surface area contributed by atoms with Crippen LogP contribution in [0.3, 0.4) is 0 Å². The maximum absolute atomic E-state index is 10.7. The topological polar surface area (TPSA) is 63.7 Å². The first-order valence-electron chi connectivity index (χ1n) is 8.87. The summed E-state index contributed by atoms with van der Waals surface area (Å²) in [6, 6.07) is 19.3. The highest BCUT2D eigenvalue weighted by atomic mass is 16.6.